The number of hydrogen-bond acceptors (Lipinski definition) is 4. The molecule has 2 aromatic carbocycles. The van der Waals surface area contributed by atoms with E-state index in [1.54, 1.807) is 13.0 Å². The van der Waals surface area contributed by atoms with Crippen LogP contribution in [0.2, 0.25) is 5.02 Å². The maximum atomic E-state index is 13.4. The molecule has 5 rings (SSSR count). The zero-order chi connectivity index (χ0) is 20.0. The molecular formula is C23H21ClN2O3. The maximum Gasteiger partial charge on any atom is 0.259 e. The first-order valence-corrected chi connectivity index (χ1v) is 10.3. The number of halogens is 1. The van der Waals surface area contributed by atoms with Crippen LogP contribution < -0.4 is 4.74 Å². The molecule has 2 aliphatic heterocycles. The Morgan fingerprint density at radius 2 is 2.10 bits per heavy atom. The summed E-state index contributed by atoms with van der Waals surface area (Å²) in [5, 5.41) is 4.69. The number of carbonyl (C=O) groups excluding carboxylic acids is 1. The summed E-state index contributed by atoms with van der Waals surface area (Å²) in [6, 6.07) is 13.8. The van der Waals surface area contributed by atoms with Crippen LogP contribution in [0, 0.1) is 6.92 Å². The number of likely N-dealkylation sites (tertiary alicyclic amines) is 1. The Morgan fingerprint density at radius 1 is 1.24 bits per heavy atom. The summed E-state index contributed by atoms with van der Waals surface area (Å²) in [5.41, 5.74) is 4.27. The molecule has 1 saturated heterocycles. The molecule has 0 N–H and O–H groups in total. The fraction of sp³-hybridized carbons (Fsp3) is 0.304. The van der Waals surface area contributed by atoms with Crippen LogP contribution in [0.5, 0.6) is 5.75 Å². The number of ether oxygens (including phenoxy) is 1. The second-order valence-electron chi connectivity index (χ2n) is 7.64. The Balaban J connectivity index is 1.40. The molecule has 29 heavy (non-hydrogen) atoms. The zero-order valence-electron chi connectivity index (χ0n) is 16.2. The van der Waals surface area contributed by atoms with Crippen molar-refractivity contribution in [3.8, 4) is 17.0 Å². The van der Waals surface area contributed by atoms with Crippen molar-refractivity contribution in [3.05, 3.63) is 69.9 Å². The molecule has 5 nitrogen and oxygen atoms in total. The lowest BCUT2D eigenvalue weighted by Crippen LogP contribution is -2.29. The highest BCUT2D eigenvalue weighted by molar-refractivity contribution is 6.33. The quantitative estimate of drug-likeness (QED) is 0.620. The van der Waals surface area contributed by atoms with Crippen LogP contribution in [0.25, 0.3) is 11.3 Å². The maximum absolute atomic E-state index is 13.4. The van der Waals surface area contributed by atoms with Crippen molar-refractivity contribution in [2.24, 2.45) is 0 Å². The van der Waals surface area contributed by atoms with Crippen LogP contribution >= 0.6 is 11.6 Å². The molecule has 6 heteroatoms. The van der Waals surface area contributed by atoms with Crippen LogP contribution in [0.1, 0.15) is 39.6 Å². The molecule has 1 amide bonds. The molecule has 1 atom stereocenters. The first kappa shape index (κ1) is 18.3. The molecule has 2 aliphatic rings. The number of aromatic nitrogens is 1. The van der Waals surface area contributed by atoms with E-state index in [4.69, 9.17) is 20.9 Å². The van der Waals surface area contributed by atoms with Crippen LogP contribution in [0.3, 0.4) is 0 Å². The predicted molar refractivity (Wildman–Crippen MR) is 111 cm³/mol. The van der Waals surface area contributed by atoms with E-state index < -0.39 is 0 Å². The van der Waals surface area contributed by atoms with E-state index in [0.29, 0.717) is 46.6 Å². The third-order valence-corrected chi connectivity index (χ3v) is 6.20. The molecule has 0 aliphatic carbocycles. The van der Waals surface area contributed by atoms with Crippen molar-refractivity contribution in [2.75, 3.05) is 19.7 Å². The summed E-state index contributed by atoms with van der Waals surface area (Å²) in [6.07, 6.45) is 1.90. The van der Waals surface area contributed by atoms with Gasteiger partial charge in [-0.05, 0) is 36.6 Å². The monoisotopic (exact) mass is 408 g/mol. The topological polar surface area (TPSA) is 55.6 Å². The number of hydrogen-bond donors (Lipinski definition) is 0. The molecule has 0 saturated carbocycles. The van der Waals surface area contributed by atoms with Gasteiger partial charge in [-0.15, -0.1) is 0 Å². The highest BCUT2D eigenvalue weighted by Gasteiger charge is 2.33. The fourth-order valence-electron chi connectivity index (χ4n) is 4.30. The Labute approximate surface area is 174 Å². The number of aryl methyl sites for hydroxylation is 1. The van der Waals surface area contributed by atoms with Crippen molar-refractivity contribution in [3.63, 3.8) is 0 Å². The van der Waals surface area contributed by atoms with Crippen LogP contribution in [0.4, 0.5) is 0 Å². The standard InChI is InChI=1S/C23H21ClN2O3/c1-14-21(22(25-29-14)18-4-2-3-5-19(18)24)23(27)26-10-8-17(13-26)15-6-7-20-16(12-15)9-11-28-20/h2-7,12,17H,8-11,13H2,1H3. The fourth-order valence-corrected chi connectivity index (χ4v) is 4.52. The third-order valence-electron chi connectivity index (χ3n) is 5.87. The summed E-state index contributed by atoms with van der Waals surface area (Å²) in [6.45, 7) is 3.93. The second kappa shape index (κ2) is 7.23. The molecule has 0 radical (unpaired) electrons. The predicted octanol–water partition coefficient (Wildman–Crippen LogP) is 4.87. The molecule has 1 unspecified atom stereocenters. The zero-order valence-corrected chi connectivity index (χ0v) is 16.9. The number of carbonyl (C=O) groups is 1. The molecule has 1 fully saturated rings. The van der Waals surface area contributed by atoms with Crippen molar-refractivity contribution >= 4 is 17.5 Å². The SMILES string of the molecule is Cc1onc(-c2ccccc2Cl)c1C(=O)N1CCC(c2ccc3c(c2)CCO3)C1. The first-order chi connectivity index (χ1) is 14.1. The van der Waals surface area contributed by atoms with E-state index in [1.165, 1.54) is 11.1 Å². The van der Waals surface area contributed by atoms with Crippen LogP contribution in [-0.4, -0.2) is 35.7 Å². The Hall–Kier alpha value is -2.79. The normalized spacial score (nSPS) is 18.0. The van der Waals surface area contributed by atoms with Gasteiger partial charge in [0, 0.05) is 31.0 Å². The molecular weight excluding hydrogens is 388 g/mol. The van der Waals surface area contributed by atoms with Gasteiger partial charge in [0.2, 0.25) is 0 Å². The minimum absolute atomic E-state index is 0.0503. The van der Waals surface area contributed by atoms with Gasteiger partial charge < -0.3 is 14.2 Å². The summed E-state index contributed by atoms with van der Waals surface area (Å²) in [7, 11) is 0. The minimum atomic E-state index is -0.0503. The summed E-state index contributed by atoms with van der Waals surface area (Å²) < 4.78 is 11.0. The second-order valence-corrected chi connectivity index (χ2v) is 8.05. The average Bonchev–Trinajstić information content (AvgIpc) is 3.47. The first-order valence-electron chi connectivity index (χ1n) is 9.88. The van der Waals surface area contributed by atoms with E-state index >= 15 is 0 Å². The average molecular weight is 409 g/mol. The molecule has 3 aromatic rings. The number of benzene rings is 2. The van der Waals surface area contributed by atoms with E-state index in [0.717, 1.165) is 25.2 Å². The molecule has 148 valence electrons. The Morgan fingerprint density at radius 3 is 2.97 bits per heavy atom. The van der Waals surface area contributed by atoms with Gasteiger partial charge in [0.05, 0.1) is 11.6 Å². The van der Waals surface area contributed by atoms with Crippen molar-refractivity contribution < 1.29 is 14.1 Å². The van der Waals surface area contributed by atoms with Crippen molar-refractivity contribution in [1.82, 2.24) is 10.1 Å². The highest BCUT2D eigenvalue weighted by Crippen LogP contribution is 2.36. The van der Waals surface area contributed by atoms with Gasteiger partial charge in [0.1, 0.15) is 22.8 Å². The van der Waals surface area contributed by atoms with E-state index in [9.17, 15) is 4.79 Å². The molecule has 3 heterocycles. The third kappa shape index (κ3) is 3.19. The van der Waals surface area contributed by atoms with E-state index in [1.807, 2.05) is 23.1 Å². The van der Waals surface area contributed by atoms with E-state index in [-0.39, 0.29) is 5.91 Å². The van der Waals surface area contributed by atoms with Crippen molar-refractivity contribution in [2.45, 2.75) is 25.7 Å². The smallest absolute Gasteiger partial charge is 0.259 e. The number of rotatable bonds is 3. The largest absolute Gasteiger partial charge is 0.493 e. The molecule has 1 aromatic heterocycles. The number of amides is 1. The summed E-state index contributed by atoms with van der Waals surface area (Å²) in [5.74, 6) is 1.78. The van der Waals surface area contributed by atoms with Gasteiger partial charge in [-0.3, -0.25) is 4.79 Å². The van der Waals surface area contributed by atoms with Gasteiger partial charge in [-0.25, -0.2) is 0 Å². The molecule has 0 bridgehead atoms. The Bertz CT molecular complexity index is 1090. The van der Waals surface area contributed by atoms with Gasteiger partial charge in [0.15, 0.2) is 0 Å². The summed E-state index contributed by atoms with van der Waals surface area (Å²) >= 11 is 6.34. The van der Waals surface area contributed by atoms with Crippen LogP contribution in [0.15, 0.2) is 47.0 Å². The lowest BCUT2D eigenvalue weighted by molar-refractivity contribution is 0.0789. The highest BCUT2D eigenvalue weighted by atomic mass is 35.5. The number of nitrogens with zero attached hydrogens (tertiary/aromatic N) is 2. The Kier molecular flexibility index (Phi) is 4.55. The molecule has 0 spiro atoms. The number of fused-ring (bicyclic) bond motifs is 1. The van der Waals surface area contributed by atoms with Gasteiger partial charge >= 0.3 is 0 Å². The lowest BCUT2D eigenvalue weighted by atomic mass is 9.96. The van der Waals surface area contributed by atoms with Crippen molar-refractivity contribution in [1.29, 1.82) is 0 Å². The van der Waals surface area contributed by atoms with E-state index in [2.05, 4.69) is 23.4 Å². The van der Waals surface area contributed by atoms with Crippen LogP contribution in [-0.2, 0) is 6.42 Å². The van der Waals surface area contributed by atoms with Gasteiger partial charge in [-0.1, -0.05) is 47.1 Å². The van der Waals surface area contributed by atoms with Gasteiger partial charge in [0.25, 0.3) is 5.91 Å². The summed E-state index contributed by atoms with van der Waals surface area (Å²) in [4.78, 5) is 15.3. The lowest BCUT2D eigenvalue weighted by Gasteiger charge is -2.17. The van der Waals surface area contributed by atoms with Gasteiger partial charge in [-0.2, -0.15) is 0 Å². The minimum Gasteiger partial charge on any atom is -0.493 e.